The zero-order chi connectivity index (χ0) is 13.9. The first kappa shape index (κ1) is 13.1. The first-order valence-electron chi connectivity index (χ1n) is 7.24. The molecule has 5 nitrogen and oxygen atoms in total. The number of para-hydroxylation sites is 2. The lowest BCUT2D eigenvalue weighted by Crippen LogP contribution is -2.42. The van der Waals surface area contributed by atoms with Crippen molar-refractivity contribution in [3.05, 3.63) is 24.3 Å². The predicted octanol–water partition coefficient (Wildman–Crippen LogP) is 2.35. The van der Waals surface area contributed by atoms with Gasteiger partial charge in [-0.05, 0) is 25.0 Å². The lowest BCUT2D eigenvalue weighted by Gasteiger charge is -2.30. The highest BCUT2D eigenvalue weighted by molar-refractivity contribution is 5.80. The number of anilines is 2. The maximum absolute atomic E-state index is 6.20. The average Bonchev–Trinajstić information content (AvgIpc) is 2.49. The maximum Gasteiger partial charge on any atom is 0.170 e. The quantitative estimate of drug-likeness (QED) is 0.799. The molecular weight excluding hydrogens is 250 g/mol. The minimum absolute atomic E-state index is 0.196. The van der Waals surface area contributed by atoms with Gasteiger partial charge in [-0.3, -0.25) is 0 Å². The number of aromatic nitrogens is 2. The van der Waals surface area contributed by atoms with E-state index in [9.17, 15) is 0 Å². The lowest BCUT2D eigenvalue weighted by atomic mass is 9.91. The Kier molecular flexibility index (Phi) is 3.69. The summed E-state index contributed by atoms with van der Waals surface area (Å²) < 4.78 is 0. The zero-order valence-electron chi connectivity index (χ0n) is 11.8. The van der Waals surface area contributed by atoms with E-state index in [1.807, 2.05) is 31.3 Å². The molecule has 3 rings (SSSR count). The van der Waals surface area contributed by atoms with E-state index in [0.717, 1.165) is 35.5 Å². The molecule has 1 aliphatic rings. The van der Waals surface area contributed by atoms with Crippen molar-refractivity contribution >= 4 is 22.7 Å². The number of rotatable bonds is 3. The second-order valence-electron chi connectivity index (χ2n) is 5.36. The van der Waals surface area contributed by atoms with Crippen molar-refractivity contribution in [1.82, 2.24) is 9.97 Å². The summed E-state index contributed by atoms with van der Waals surface area (Å²) in [6, 6.07) is 8.38. The molecule has 2 aromatic rings. The van der Waals surface area contributed by atoms with Crippen LogP contribution in [-0.4, -0.2) is 29.1 Å². The molecule has 0 radical (unpaired) electrons. The van der Waals surface area contributed by atoms with Gasteiger partial charge in [-0.25, -0.2) is 9.97 Å². The largest absolute Gasteiger partial charge is 0.370 e. The first-order valence-corrected chi connectivity index (χ1v) is 7.24. The Morgan fingerprint density at radius 1 is 1.05 bits per heavy atom. The van der Waals surface area contributed by atoms with E-state index < -0.39 is 0 Å². The minimum Gasteiger partial charge on any atom is -0.370 e. The molecule has 0 aliphatic heterocycles. The van der Waals surface area contributed by atoms with E-state index in [1.165, 1.54) is 12.8 Å². The van der Waals surface area contributed by atoms with Gasteiger partial charge in [0, 0.05) is 19.1 Å². The highest BCUT2D eigenvalue weighted by Gasteiger charge is 2.23. The van der Waals surface area contributed by atoms with Gasteiger partial charge in [0.2, 0.25) is 0 Å². The highest BCUT2D eigenvalue weighted by atomic mass is 15.1. The standard InChI is InChI=1S/C15H21N5/c1-17-14-15(18-11-7-3-2-6-10(11)16)20-13-9-5-4-8-12(13)19-14/h4-5,8-11H,2-3,6-7,16H2,1H3,(H,17,19)(H,18,20)/t10-,11+/m0/s1. The van der Waals surface area contributed by atoms with E-state index in [4.69, 9.17) is 5.73 Å². The van der Waals surface area contributed by atoms with Gasteiger partial charge in [0.1, 0.15) is 0 Å². The molecule has 2 atom stereocenters. The molecule has 0 spiro atoms. The SMILES string of the molecule is CNc1nc2ccccc2nc1N[C@@H]1CCCC[C@@H]1N. The van der Waals surface area contributed by atoms with Crippen LogP contribution < -0.4 is 16.4 Å². The fraction of sp³-hybridized carbons (Fsp3) is 0.467. The predicted molar refractivity (Wildman–Crippen MR) is 82.9 cm³/mol. The van der Waals surface area contributed by atoms with Gasteiger partial charge in [0.05, 0.1) is 11.0 Å². The van der Waals surface area contributed by atoms with Crippen LogP contribution in [0.5, 0.6) is 0 Å². The molecule has 106 valence electrons. The molecule has 0 amide bonds. The summed E-state index contributed by atoms with van der Waals surface area (Å²) in [7, 11) is 1.87. The van der Waals surface area contributed by atoms with Crippen LogP contribution in [0.4, 0.5) is 11.6 Å². The molecule has 1 aromatic heterocycles. The summed E-state index contributed by atoms with van der Waals surface area (Å²) in [4.78, 5) is 9.29. The summed E-state index contributed by atoms with van der Waals surface area (Å²) in [5, 5.41) is 6.60. The number of fused-ring (bicyclic) bond motifs is 1. The third-order valence-corrected chi connectivity index (χ3v) is 3.95. The molecule has 0 saturated heterocycles. The molecule has 20 heavy (non-hydrogen) atoms. The van der Waals surface area contributed by atoms with Gasteiger partial charge in [-0.1, -0.05) is 25.0 Å². The number of hydrogen-bond donors (Lipinski definition) is 3. The van der Waals surface area contributed by atoms with Crippen molar-refractivity contribution < 1.29 is 0 Å². The van der Waals surface area contributed by atoms with Crippen molar-refractivity contribution in [3.8, 4) is 0 Å². The van der Waals surface area contributed by atoms with Crippen molar-refractivity contribution in [2.45, 2.75) is 37.8 Å². The van der Waals surface area contributed by atoms with Crippen molar-refractivity contribution in [3.63, 3.8) is 0 Å². The number of hydrogen-bond acceptors (Lipinski definition) is 5. The minimum atomic E-state index is 0.196. The highest BCUT2D eigenvalue weighted by Crippen LogP contribution is 2.25. The van der Waals surface area contributed by atoms with Gasteiger partial charge in [0.15, 0.2) is 11.6 Å². The lowest BCUT2D eigenvalue weighted by molar-refractivity contribution is 0.403. The Morgan fingerprint density at radius 3 is 2.35 bits per heavy atom. The van der Waals surface area contributed by atoms with Crippen LogP contribution in [0.2, 0.25) is 0 Å². The normalized spacial score (nSPS) is 22.7. The van der Waals surface area contributed by atoms with Gasteiger partial charge < -0.3 is 16.4 Å². The smallest absolute Gasteiger partial charge is 0.170 e. The Labute approximate surface area is 119 Å². The van der Waals surface area contributed by atoms with Crippen molar-refractivity contribution in [2.24, 2.45) is 5.73 Å². The Bertz CT molecular complexity index is 598. The number of nitrogens with zero attached hydrogens (tertiary/aromatic N) is 2. The average molecular weight is 271 g/mol. The van der Waals surface area contributed by atoms with E-state index in [0.29, 0.717) is 0 Å². The van der Waals surface area contributed by atoms with Crippen LogP contribution in [0.1, 0.15) is 25.7 Å². The molecule has 0 unspecified atom stereocenters. The van der Waals surface area contributed by atoms with Crippen LogP contribution in [0.3, 0.4) is 0 Å². The van der Waals surface area contributed by atoms with Crippen LogP contribution >= 0.6 is 0 Å². The third-order valence-electron chi connectivity index (χ3n) is 3.95. The fourth-order valence-corrected chi connectivity index (χ4v) is 2.79. The second-order valence-corrected chi connectivity index (χ2v) is 5.36. The summed E-state index contributed by atoms with van der Waals surface area (Å²) >= 11 is 0. The molecule has 1 aromatic carbocycles. The monoisotopic (exact) mass is 271 g/mol. The van der Waals surface area contributed by atoms with Crippen molar-refractivity contribution in [2.75, 3.05) is 17.7 Å². The molecular formula is C15H21N5. The fourth-order valence-electron chi connectivity index (χ4n) is 2.79. The van der Waals surface area contributed by atoms with Gasteiger partial charge in [-0.15, -0.1) is 0 Å². The summed E-state index contributed by atoms with van der Waals surface area (Å²) in [5.41, 5.74) is 8.00. The van der Waals surface area contributed by atoms with E-state index >= 15 is 0 Å². The van der Waals surface area contributed by atoms with Gasteiger partial charge in [-0.2, -0.15) is 0 Å². The van der Waals surface area contributed by atoms with E-state index in [1.54, 1.807) is 0 Å². The molecule has 4 N–H and O–H groups in total. The Morgan fingerprint density at radius 2 is 1.70 bits per heavy atom. The summed E-state index contributed by atoms with van der Waals surface area (Å²) in [6.45, 7) is 0. The molecule has 5 heteroatoms. The van der Waals surface area contributed by atoms with Crippen LogP contribution in [0, 0.1) is 0 Å². The van der Waals surface area contributed by atoms with Gasteiger partial charge in [0.25, 0.3) is 0 Å². The Hall–Kier alpha value is -1.88. The summed E-state index contributed by atoms with van der Waals surface area (Å²) in [5.74, 6) is 1.58. The third kappa shape index (κ3) is 2.54. The number of benzene rings is 1. The number of nitrogens with one attached hydrogen (secondary N) is 2. The molecule has 1 fully saturated rings. The first-order chi connectivity index (χ1) is 9.78. The zero-order valence-corrected chi connectivity index (χ0v) is 11.8. The summed E-state index contributed by atoms with van der Waals surface area (Å²) in [6.07, 6.45) is 4.62. The molecule has 1 saturated carbocycles. The Balaban J connectivity index is 1.92. The van der Waals surface area contributed by atoms with Gasteiger partial charge >= 0.3 is 0 Å². The van der Waals surface area contributed by atoms with Crippen LogP contribution in [-0.2, 0) is 0 Å². The molecule has 1 heterocycles. The topological polar surface area (TPSA) is 75.9 Å². The van der Waals surface area contributed by atoms with Crippen molar-refractivity contribution in [1.29, 1.82) is 0 Å². The molecule has 0 bridgehead atoms. The second kappa shape index (κ2) is 5.63. The van der Waals surface area contributed by atoms with Crippen LogP contribution in [0.15, 0.2) is 24.3 Å². The van der Waals surface area contributed by atoms with E-state index in [-0.39, 0.29) is 12.1 Å². The van der Waals surface area contributed by atoms with Crippen LogP contribution in [0.25, 0.3) is 11.0 Å². The maximum atomic E-state index is 6.20. The molecule has 1 aliphatic carbocycles. The number of nitrogens with two attached hydrogens (primary N) is 1. The van der Waals surface area contributed by atoms with E-state index in [2.05, 4.69) is 20.6 Å².